The summed E-state index contributed by atoms with van der Waals surface area (Å²) >= 11 is 0. The van der Waals surface area contributed by atoms with E-state index < -0.39 is 0 Å². The summed E-state index contributed by atoms with van der Waals surface area (Å²) in [7, 11) is 1.74. The smallest absolute Gasteiger partial charge is 0.126 e. The highest BCUT2D eigenvalue weighted by Gasteiger charge is 2.26. The first kappa shape index (κ1) is 20.6. The Morgan fingerprint density at radius 1 is 1.15 bits per heavy atom. The summed E-state index contributed by atoms with van der Waals surface area (Å²) in [5.74, 6) is 1.52. The molecule has 0 spiro atoms. The van der Waals surface area contributed by atoms with Crippen molar-refractivity contribution in [1.82, 2.24) is 0 Å². The maximum atomic E-state index is 6.38. The molecular formula is C22H31ClN2O. The van der Waals surface area contributed by atoms with Crippen LogP contribution in [0.25, 0.3) is 11.1 Å². The quantitative estimate of drug-likeness (QED) is 0.761. The summed E-state index contributed by atoms with van der Waals surface area (Å²) in [6.45, 7) is 4.34. The van der Waals surface area contributed by atoms with E-state index in [4.69, 9.17) is 10.5 Å². The van der Waals surface area contributed by atoms with Gasteiger partial charge in [-0.25, -0.2) is 0 Å². The van der Waals surface area contributed by atoms with Crippen molar-refractivity contribution in [2.45, 2.75) is 38.6 Å². The summed E-state index contributed by atoms with van der Waals surface area (Å²) in [5.41, 5.74) is 10.00. The highest BCUT2D eigenvalue weighted by Crippen LogP contribution is 2.35. The van der Waals surface area contributed by atoms with Crippen molar-refractivity contribution in [2.24, 2.45) is 11.7 Å². The lowest BCUT2D eigenvalue weighted by Gasteiger charge is -2.38. The van der Waals surface area contributed by atoms with Crippen LogP contribution in [0.15, 0.2) is 48.5 Å². The highest BCUT2D eigenvalue weighted by molar-refractivity contribution is 5.85. The monoisotopic (exact) mass is 374 g/mol. The normalized spacial score (nSPS) is 19.7. The van der Waals surface area contributed by atoms with Crippen molar-refractivity contribution >= 4 is 18.1 Å². The minimum Gasteiger partial charge on any atom is -0.496 e. The predicted molar refractivity (Wildman–Crippen MR) is 113 cm³/mol. The molecule has 2 atom stereocenters. The molecule has 0 bridgehead atoms. The van der Waals surface area contributed by atoms with Crippen molar-refractivity contribution in [3.63, 3.8) is 0 Å². The Kier molecular flexibility index (Phi) is 7.80. The van der Waals surface area contributed by atoms with E-state index in [-0.39, 0.29) is 12.4 Å². The van der Waals surface area contributed by atoms with E-state index in [1.165, 1.54) is 30.5 Å². The molecule has 26 heavy (non-hydrogen) atoms. The predicted octanol–water partition coefficient (Wildman–Crippen LogP) is 5.13. The number of unbranched alkanes of at least 4 members (excludes halogenated alkanes) is 1. The molecule has 1 aliphatic heterocycles. The lowest BCUT2D eigenvalue weighted by atomic mass is 9.88. The molecule has 2 N–H and O–H groups in total. The third kappa shape index (κ3) is 4.72. The van der Waals surface area contributed by atoms with Gasteiger partial charge in [-0.2, -0.15) is 0 Å². The molecule has 1 saturated heterocycles. The van der Waals surface area contributed by atoms with Gasteiger partial charge in [0.15, 0.2) is 0 Å². The molecule has 1 fully saturated rings. The maximum Gasteiger partial charge on any atom is 0.126 e. The number of benzene rings is 2. The van der Waals surface area contributed by atoms with Gasteiger partial charge >= 0.3 is 0 Å². The van der Waals surface area contributed by atoms with Crippen LogP contribution in [0.3, 0.4) is 0 Å². The van der Waals surface area contributed by atoms with Crippen molar-refractivity contribution in [2.75, 3.05) is 25.1 Å². The highest BCUT2D eigenvalue weighted by atomic mass is 35.5. The second-order valence-electron chi connectivity index (χ2n) is 7.05. The van der Waals surface area contributed by atoms with E-state index in [0.29, 0.717) is 12.0 Å². The fraction of sp³-hybridized carbons (Fsp3) is 0.455. The fourth-order valence-corrected chi connectivity index (χ4v) is 3.79. The zero-order valence-corrected chi connectivity index (χ0v) is 16.7. The lowest BCUT2D eigenvalue weighted by Crippen LogP contribution is -2.47. The first-order chi connectivity index (χ1) is 12.2. The van der Waals surface area contributed by atoms with Crippen LogP contribution in [0.1, 0.15) is 32.6 Å². The van der Waals surface area contributed by atoms with Gasteiger partial charge in [0.1, 0.15) is 5.75 Å². The van der Waals surface area contributed by atoms with Gasteiger partial charge in [-0.3, -0.25) is 0 Å². The number of rotatable bonds is 6. The van der Waals surface area contributed by atoms with Crippen LogP contribution in [-0.4, -0.2) is 26.2 Å². The molecule has 0 aromatic heterocycles. The van der Waals surface area contributed by atoms with Crippen LogP contribution in [0.2, 0.25) is 0 Å². The number of ether oxygens (including phenoxy) is 1. The van der Waals surface area contributed by atoms with Crippen molar-refractivity contribution in [3.8, 4) is 16.9 Å². The van der Waals surface area contributed by atoms with E-state index in [2.05, 4.69) is 54.3 Å². The molecular weight excluding hydrogens is 344 g/mol. The number of hydrogen-bond acceptors (Lipinski definition) is 3. The number of methoxy groups -OCH3 is 1. The van der Waals surface area contributed by atoms with Gasteiger partial charge in [0.25, 0.3) is 0 Å². The first-order valence-corrected chi connectivity index (χ1v) is 9.47. The van der Waals surface area contributed by atoms with Crippen LogP contribution in [0.5, 0.6) is 5.75 Å². The molecule has 3 nitrogen and oxygen atoms in total. The third-order valence-electron chi connectivity index (χ3n) is 5.35. The van der Waals surface area contributed by atoms with Crippen molar-refractivity contribution in [1.29, 1.82) is 0 Å². The van der Waals surface area contributed by atoms with Crippen molar-refractivity contribution in [3.05, 3.63) is 48.5 Å². The lowest BCUT2D eigenvalue weighted by molar-refractivity contribution is 0.330. The number of hydrogen-bond donors (Lipinski definition) is 1. The standard InChI is InChI=1S/C22H30N2O.ClH/c1-3-4-8-18-16-24(14-13-21(18)23)19-11-12-22(25-2)20(15-19)17-9-6-5-7-10-17;/h5-7,9-12,15,18,21H,3-4,8,13-14,16,23H2,1-2H3;1H/t18-,21+;/m1./s1. The molecule has 0 unspecified atom stereocenters. The summed E-state index contributed by atoms with van der Waals surface area (Å²) in [6, 6.07) is 17.3. The van der Waals surface area contributed by atoms with Crippen LogP contribution < -0.4 is 15.4 Å². The SMILES string of the molecule is CCCC[C@@H]1CN(c2ccc(OC)c(-c3ccccc3)c2)CC[C@@H]1N.Cl. The molecule has 0 saturated carbocycles. The third-order valence-corrected chi connectivity index (χ3v) is 5.35. The van der Waals surface area contributed by atoms with Crippen LogP contribution in [-0.2, 0) is 0 Å². The molecule has 1 aliphatic rings. The second kappa shape index (κ2) is 9.84. The number of nitrogens with zero attached hydrogens (tertiary/aromatic N) is 1. The number of halogens is 1. The summed E-state index contributed by atoms with van der Waals surface area (Å²) < 4.78 is 5.59. The minimum atomic E-state index is 0. The Morgan fingerprint density at radius 3 is 2.62 bits per heavy atom. The zero-order chi connectivity index (χ0) is 17.6. The van der Waals surface area contributed by atoms with Crippen LogP contribution >= 0.6 is 12.4 Å². The van der Waals surface area contributed by atoms with E-state index in [9.17, 15) is 0 Å². The van der Waals surface area contributed by atoms with Crippen molar-refractivity contribution < 1.29 is 4.74 Å². The van der Waals surface area contributed by atoms with Gasteiger partial charge in [-0.1, -0.05) is 50.1 Å². The van der Waals surface area contributed by atoms with Crippen LogP contribution in [0.4, 0.5) is 5.69 Å². The Hall–Kier alpha value is -1.71. The van der Waals surface area contributed by atoms with E-state index in [1.807, 2.05) is 6.07 Å². The van der Waals surface area contributed by atoms with E-state index >= 15 is 0 Å². The second-order valence-corrected chi connectivity index (χ2v) is 7.05. The number of nitrogens with two attached hydrogens (primary N) is 1. The van der Waals surface area contributed by atoms with Gasteiger partial charge in [0, 0.05) is 30.4 Å². The Balaban J connectivity index is 0.00000243. The van der Waals surface area contributed by atoms with Gasteiger partial charge in [0.2, 0.25) is 0 Å². The van der Waals surface area contributed by atoms with Gasteiger partial charge in [-0.05, 0) is 42.5 Å². The van der Waals surface area contributed by atoms with E-state index in [1.54, 1.807) is 7.11 Å². The molecule has 0 amide bonds. The molecule has 142 valence electrons. The molecule has 3 rings (SSSR count). The average molecular weight is 375 g/mol. The Labute approximate surface area is 163 Å². The molecule has 2 aromatic carbocycles. The molecule has 1 heterocycles. The zero-order valence-electron chi connectivity index (χ0n) is 15.9. The van der Waals surface area contributed by atoms with Gasteiger partial charge in [0.05, 0.1) is 7.11 Å². The van der Waals surface area contributed by atoms with Gasteiger partial charge in [-0.15, -0.1) is 12.4 Å². The summed E-state index contributed by atoms with van der Waals surface area (Å²) in [5, 5.41) is 0. The van der Waals surface area contributed by atoms with E-state index in [0.717, 1.165) is 30.8 Å². The number of piperidine rings is 1. The molecule has 0 aliphatic carbocycles. The topological polar surface area (TPSA) is 38.5 Å². The van der Waals surface area contributed by atoms with Crippen LogP contribution in [0, 0.1) is 5.92 Å². The minimum absolute atomic E-state index is 0. The maximum absolute atomic E-state index is 6.38. The molecule has 0 radical (unpaired) electrons. The fourth-order valence-electron chi connectivity index (χ4n) is 3.79. The van der Waals surface area contributed by atoms with Gasteiger partial charge < -0.3 is 15.4 Å². The summed E-state index contributed by atoms with van der Waals surface area (Å²) in [6.07, 6.45) is 4.81. The Bertz CT molecular complexity index is 677. The number of anilines is 1. The molecule has 2 aromatic rings. The largest absolute Gasteiger partial charge is 0.496 e. The Morgan fingerprint density at radius 2 is 1.92 bits per heavy atom. The summed E-state index contributed by atoms with van der Waals surface area (Å²) in [4.78, 5) is 2.50. The first-order valence-electron chi connectivity index (χ1n) is 9.47. The average Bonchev–Trinajstić information content (AvgIpc) is 2.67. The molecule has 4 heteroatoms.